The molecule has 2 aliphatic heterocycles. The van der Waals surface area contributed by atoms with Crippen LogP contribution in [0.1, 0.15) is 45.7 Å². The molecular weight excluding hydrogens is 456 g/mol. The van der Waals surface area contributed by atoms with Crippen molar-refractivity contribution in [3.63, 3.8) is 0 Å². The number of fused-ring (bicyclic) bond motifs is 3. The lowest BCUT2D eigenvalue weighted by Crippen LogP contribution is -2.47. The highest BCUT2D eigenvalue weighted by molar-refractivity contribution is 7.15. The van der Waals surface area contributed by atoms with E-state index in [1.54, 1.807) is 11.3 Å². The van der Waals surface area contributed by atoms with Crippen molar-refractivity contribution in [2.24, 2.45) is 4.99 Å². The van der Waals surface area contributed by atoms with E-state index in [4.69, 9.17) is 16.6 Å². The number of thiophene rings is 1. The monoisotopic (exact) mass is 482 g/mol. The highest BCUT2D eigenvalue weighted by atomic mass is 35.5. The fraction of sp³-hybridized carbons (Fsp3) is 0.417. The Morgan fingerprint density at radius 3 is 2.48 bits per heavy atom. The number of carbonyl (C=O) groups is 1. The molecule has 0 N–H and O–H groups in total. The number of hydrogen-bond donors (Lipinski definition) is 0. The molecule has 1 fully saturated rings. The number of aryl methyl sites for hydroxylation is 2. The van der Waals surface area contributed by atoms with E-state index in [0.717, 1.165) is 59.7 Å². The Bertz CT molecular complexity index is 1240. The summed E-state index contributed by atoms with van der Waals surface area (Å²) in [6.07, 6.45) is 0.270. The third kappa shape index (κ3) is 4.00. The highest BCUT2D eigenvalue weighted by Crippen LogP contribution is 2.39. The second kappa shape index (κ2) is 8.66. The van der Waals surface area contributed by atoms with Gasteiger partial charge in [0.05, 0.1) is 12.1 Å². The fourth-order valence-electron chi connectivity index (χ4n) is 4.48. The lowest BCUT2D eigenvalue weighted by molar-refractivity contribution is -0.133. The number of benzene rings is 1. The molecule has 4 heterocycles. The minimum Gasteiger partial charge on any atom is -0.340 e. The average molecular weight is 483 g/mol. The molecule has 9 heteroatoms. The zero-order valence-electron chi connectivity index (χ0n) is 19.3. The number of nitrogens with zero attached hydrogens (tertiary/aromatic N) is 6. The molecular formula is C24H27ClN6OS. The molecule has 1 amide bonds. The lowest BCUT2D eigenvalue weighted by atomic mass is 9.99. The molecule has 2 aliphatic rings. The van der Waals surface area contributed by atoms with E-state index in [2.05, 4.69) is 40.6 Å². The Morgan fingerprint density at radius 1 is 1.09 bits per heavy atom. The highest BCUT2D eigenvalue weighted by Gasteiger charge is 2.33. The van der Waals surface area contributed by atoms with Gasteiger partial charge in [0.25, 0.3) is 0 Å². The van der Waals surface area contributed by atoms with Gasteiger partial charge in [0.2, 0.25) is 5.91 Å². The van der Waals surface area contributed by atoms with Crippen LogP contribution in [-0.4, -0.2) is 69.4 Å². The minimum absolute atomic E-state index is 0.109. The number of hydrogen-bond acceptors (Lipinski definition) is 6. The number of halogens is 1. The Labute approximate surface area is 202 Å². The van der Waals surface area contributed by atoms with Crippen molar-refractivity contribution in [1.82, 2.24) is 24.6 Å². The first-order chi connectivity index (χ1) is 15.8. The van der Waals surface area contributed by atoms with Crippen LogP contribution in [0.5, 0.6) is 0 Å². The van der Waals surface area contributed by atoms with Gasteiger partial charge in [-0.25, -0.2) is 0 Å². The molecule has 172 valence electrons. The molecule has 0 bridgehead atoms. The zero-order chi connectivity index (χ0) is 23.3. The smallest absolute Gasteiger partial charge is 0.225 e. The third-order valence-corrected chi connectivity index (χ3v) is 8.03. The van der Waals surface area contributed by atoms with Crippen molar-refractivity contribution in [2.75, 3.05) is 33.2 Å². The molecule has 0 aliphatic carbocycles. The van der Waals surface area contributed by atoms with Gasteiger partial charge in [0.15, 0.2) is 5.82 Å². The van der Waals surface area contributed by atoms with E-state index in [1.165, 1.54) is 10.4 Å². The summed E-state index contributed by atoms with van der Waals surface area (Å²) in [5.41, 5.74) is 4.13. The van der Waals surface area contributed by atoms with Crippen LogP contribution < -0.4 is 0 Å². The third-order valence-electron chi connectivity index (χ3n) is 6.58. The van der Waals surface area contributed by atoms with Crippen LogP contribution >= 0.6 is 22.9 Å². The second-order valence-corrected chi connectivity index (χ2v) is 10.4. The first-order valence-corrected chi connectivity index (χ1v) is 12.4. The van der Waals surface area contributed by atoms with E-state index in [-0.39, 0.29) is 12.3 Å². The largest absolute Gasteiger partial charge is 0.340 e. The summed E-state index contributed by atoms with van der Waals surface area (Å²) in [4.78, 5) is 23.9. The molecule has 1 atom stereocenters. The van der Waals surface area contributed by atoms with E-state index in [9.17, 15) is 4.79 Å². The zero-order valence-corrected chi connectivity index (χ0v) is 20.9. The number of aliphatic imine (C=N–C) groups is 1. The van der Waals surface area contributed by atoms with Gasteiger partial charge in [0, 0.05) is 47.2 Å². The normalized spacial score (nSPS) is 18.5. The van der Waals surface area contributed by atoms with Crippen molar-refractivity contribution in [2.45, 2.75) is 33.2 Å². The van der Waals surface area contributed by atoms with Gasteiger partial charge in [-0.05, 0) is 45.5 Å². The Hall–Kier alpha value is -2.55. The van der Waals surface area contributed by atoms with Crippen molar-refractivity contribution in [3.05, 3.63) is 62.5 Å². The van der Waals surface area contributed by atoms with Crippen LogP contribution in [0.15, 0.2) is 29.3 Å². The molecule has 1 aromatic carbocycles. The predicted molar refractivity (Wildman–Crippen MR) is 132 cm³/mol. The number of piperazine rings is 1. The Morgan fingerprint density at radius 2 is 1.79 bits per heavy atom. The summed E-state index contributed by atoms with van der Waals surface area (Å²) < 4.78 is 2.09. The number of amides is 1. The SMILES string of the molecule is Cc1sc2c(c1C)C(c1ccc(Cl)cc1)=NC(CC(=O)N1CCN(C)CC1)c1nnc(C)n1-2. The van der Waals surface area contributed by atoms with Crippen molar-refractivity contribution < 1.29 is 4.79 Å². The molecule has 3 aromatic rings. The van der Waals surface area contributed by atoms with E-state index in [0.29, 0.717) is 5.02 Å². The summed E-state index contributed by atoms with van der Waals surface area (Å²) in [5.74, 6) is 1.64. The molecule has 1 saturated heterocycles. The summed E-state index contributed by atoms with van der Waals surface area (Å²) in [6, 6.07) is 7.34. The molecule has 33 heavy (non-hydrogen) atoms. The minimum atomic E-state index is -0.414. The van der Waals surface area contributed by atoms with E-state index < -0.39 is 6.04 Å². The summed E-state index contributed by atoms with van der Waals surface area (Å²) in [6.45, 7) is 9.48. The van der Waals surface area contributed by atoms with Crippen molar-refractivity contribution >= 4 is 34.6 Å². The van der Waals surface area contributed by atoms with Gasteiger partial charge in [-0.3, -0.25) is 14.4 Å². The maximum Gasteiger partial charge on any atom is 0.225 e. The second-order valence-electron chi connectivity index (χ2n) is 8.79. The van der Waals surface area contributed by atoms with Gasteiger partial charge >= 0.3 is 0 Å². The summed E-state index contributed by atoms with van der Waals surface area (Å²) >= 11 is 7.89. The Balaban J connectivity index is 1.62. The fourth-order valence-corrected chi connectivity index (χ4v) is 5.82. The maximum atomic E-state index is 13.3. The lowest BCUT2D eigenvalue weighted by Gasteiger charge is -2.33. The van der Waals surface area contributed by atoms with Crippen LogP contribution in [0.2, 0.25) is 5.02 Å². The topological polar surface area (TPSA) is 66.6 Å². The van der Waals surface area contributed by atoms with Gasteiger partial charge in [0.1, 0.15) is 16.9 Å². The van der Waals surface area contributed by atoms with Crippen LogP contribution in [-0.2, 0) is 4.79 Å². The Kier molecular flexibility index (Phi) is 5.84. The first kappa shape index (κ1) is 22.3. The number of carbonyl (C=O) groups excluding carboxylic acids is 1. The maximum absolute atomic E-state index is 13.3. The quantitative estimate of drug-likeness (QED) is 0.566. The van der Waals surface area contributed by atoms with Gasteiger partial charge in [-0.2, -0.15) is 0 Å². The molecule has 0 radical (unpaired) electrons. The van der Waals surface area contributed by atoms with Crippen LogP contribution in [0.4, 0.5) is 0 Å². The van der Waals surface area contributed by atoms with Crippen LogP contribution in [0, 0.1) is 20.8 Å². The van der Waals surface area contributed by atoms with E-state index >= 15 is 0 Å². The molecule has 0 saturated carbocycles. The summed E-state index contributed by atoms with van der Waals surface area (Å²) in [7, 11) is 2.09. The van der Waals surface area contributed by atoms with Crippen LogP contribution in [0.25, 0.3) is 5.00 Å². The van der Waals surface area contributed by atoms with Crippen molar-refractivity contribution in [1.29, 1.82) is 0 Å². The molecule has 1 unspecified atom stereocenters. The van der Waals surface area contributed by atoms with E-state index in [1.807, 2.05) is 36.1 Å². The first-order valence-electron chi connectivity index (χ1n) is 11.2. The van der Waals surface area contributed by atoms with Gasteiger partial charge in [-0.1, -0.05) is 23.7 Å². The average Bonchev–Trinajstić information content (AvgIpc) is 3.27. The standard InChI is InChI=1S/C24H27ClN6OS/c1-14-15(2)33-24-21(14)22(17-5-7-18(25)8-6-17)26-19(23-28-27-16(3)31(23)24)13-20(32)30-11-9-29(4)10-12-30/h5-8,19H,9-13H2,1-4H3. The van der Waals surface area contributed by atoms with Gasteiger partial charge in [-0.15, -0.1) is 21.5 Å². The molecule has 5 rings (SSSR count). The number of rotatable bonds is 3. The molecule has 0 spiro atoms. The number of aromatic nitrogens is 3. The number of likely N-dealkylation sites (N-methyl/N-ethyl adjacent to an activating group) is 1. The van der Waals surface area contributed by atoms with Gasteiger partial charge < -0.3 is 9.80 Å². The van der Waals surface area contributed by atoms with Crippen molar-refractivity contribution in [3.8, 4) is 5.00 Å². The predicted octanol–water partition coefficient (Wildman–Crippen LogP) is 3.96. The molecule has 7 nitrogen and oxygen atoms in total. The summed E-state index contributed by atoms with van der Waals surface area (Å²) in [5, 5.41) is 10.6. The van der Waals surface area contributed by atoms with Crippen LogP contribution in [0.3, 0.4) is 0 Å². The molecule has 2 aromatic heterocycles.